The van der Waals surface area contributed by atoms with E-state index in [-0.39, 0.29) is 17.0 Å². The molecular formula is C27H27NO5. The molecule has 3 rings (SSSR count). The number of methoxy groups -OCH3 is 2. The van der Waals surface area contributed by atoms with Crippen LogP contribution < -0.4 is 9.47 Å². The molecule has 170 valence electrons. The van der Waals surface area contributed by atoms with E-state index in [1.807, 2.05) is 43.3 Å². The number of benzene rings is 2. The molecule has 1 N–H and O–H groups in total. The Balaban J connectivity index is 2.20. The van der Waals surface area contributed by atoms with E-state index in [0.29, 0.717) is 29.7 Å². The SMILES string of the molecule is C=C(C)CCc1c(OC)cc(C=Cc2ccccc2)c(C(=O)OC)c1OC(=O)c1ccc[nH]1. The first kappa shape index (κ1) is 23.6. The van der Waals surface area contributed by atoms with Gasteiger partial charge in [0, 0.05) is 11.8 Å². The standard InChI is InChI=1S/C27H27NO5/c1-18(2)12-15-21-23(31-3)17-20(14-13-19-9-6-5-7-10-19)24(27(30)32-4)25(21)33-26(29)22-11-8-16-28-22/h5-11,13-14,16-17,28H,1,12,15H2,2-4H3. The predicted octanol–water partition coefficient (Wildman–Crippen LogP) is 5.71. The lowest BCUT2D eigenvalue weighted by atomic mass is 9.96. The van der Waals surface area contributed by atoms with Crippen molar-refractivity contribution in [2.75, 3.05) is 14.2 Å². The van der Waals surface area contributed by atoms with Crippen LogP contribution in [0.3, 0.4) is 0 Å². The summed E-state index contributed by atoms with van der Waals surface area (Å²) in [6.45, 7) is 5.87. The second-order valence-corrected chi connectivity index (χ2v) is 7.52. The van der Waals surface area contributed by atoms with Crippen LogP contribution in [0.4, 0.5) is 0 Å². The molecular weight excluding hydrogens is 418 g/mol. The molecule has 2 aromatic carbocycles. The molecule has 0 aliphatic rings. The van der Waals surface area contributed by atoms with E-state index in [1.54, 1.807) is 37.6 Å². The average molecular weight is 446 g/mol. The summed E-state index contributed by atoms with van der Waals surface area (Å²) in [6, 6.07) is 14.7. The fourth-order valence-corrected chi connectivity index (χ4v) is 3.36. The fourth-order valence-electron chi connectivity index (χ4n) is 3.36. The molecule has 1 heterocycles. The van der Waals surface area contributed by atoms with Crippen molar-refractivity contribution in [1.29, 1.82) is 0 Å². The Kier molecular flexibility index (Phi) is 7.86. The van der Waals surface area contributed by atoms with Crippen molar-refractivity contribution in [2.45, 2.75) is 19.8 Å². The zero-order valence-corrected chi connectivity index (χ0v) is 19.0. The third kappa shape index (κ3) is 5.80. The van der Waals surface area contributed by atoms with Crippen LogP contribution in [0.1, 0.15) is 50.9 Å². The number of carbonyl (C=O) groups excluding carboxylic acids is 2. The van der Waals surface area contributed by atoms with Gasteiger partial charge in [-0.05, 0) is 49.1 Å². The summed E-state index contributed by atoms with van der Waals surface area (Å²) in [7, 11) is 2.83. The minimum atomic E-state index is -0.618. The zero-order chi connectivity index (χ0) is 23.8. The topological polar surface area (TPSA) is 77.6 Å². The highest BCUT2D eigenvalue weighted by Gasteiger charge is 2.27. The molecule has 0 aliphatic heterocycles. The Morgan fingerprint density at radius 3 is 2.39 bits per heavy atom. The van der Waals surface area contributed by atoms with Gasteiger partial charge < -0.3 is 19.2 Å². The average Bonchev–Trinajstić information content (AvgIpc) is 3.37. The maximum absolute atomic E-state index is 12.9. The molecule has 0 bridgehead atoms. The second kappa shape index (κ2) is 11.0. The van der Waals surface area contributed by atoms with Gasteiger partial charge in [0.1, 0.15) is 17.0 Å². The van der Waals surface area contributed by atoms with Gasteiger partial charge in [-0.25, -0.2) is 9.59 Å². The van der Waals surface area contributed by atoms with Crippen LogP contribution in [0.5, 0.6) is 11.5 Å². The lowest BCUT2D eigenvalue weighted by Crippen LogP contribution is -2.16. The molecule has 3 aromatic rings. The highest BCUT2D eigenvalue weighted by Crippen LogP contribution is 2.38. The van der Waals surface area contributed by atoms with Crippen LogP contribution in [0.25, 0.3) is 12.2 Å². The van der Waals surface area contributed by atoms with Gasteiger partial charge in [0.25, 0.3) is 0 Å². The van der Waals surface area contributed by atoms with Gasteiger partial charge >= 0.3 is 11.9 Å². The van der Waals surface area contributed by atoms with E-state index in [0.717, 1.165) is 11.1 Å². The Morgan fingerprint density at radius 1 is 1.03 bits per heavy atom. The largest absolute Gasteiger partial charge is 0.496 e. The smallest absolute Gasteiger partial charge is 0.360 e. The molecule has 0 saturated heterocycles. The first-order chi connectivity index (χ1) is 15.9. The van der Waals surface area contributed by atoms with Gasteiger partial charge in [0.15, 0.2) is 5.75 Å². The molecule has 0 aliphatic carbocycles. The number of esters is 2. The first-order valence-electron chi connectivity index (χ1n) is 10.5. The van der Waals surface area contributed by atoms with Gasteiger partial charge in [-0.1, -0.05) is 48.1 Å². The van der Waals surface area contributed by atoms with Gasteiger partial charge in [0.2, 0.25) is 0 Å². The van der Waals surface area contributed by atoms with Gasteiger partial charge in [-0.3, -0.25) is 0 Å². The number of ether oxygens (including phenoxy) is 3. The molecule has 6 nitrogen and oxygen atoms in total. The normalized spacial score (nSPS) is 10.8. The van der Waals surface area contributed by atoms with E-state index >= 15 is 0 Å². The van der Waals surface area contributed by atoms with Crippen molar-refractivity contribution < 1.29 is 23.8 Å². The first-order valence-corrected chi connectivity index (χ1v) is 10.5. The minimum absolute atomic E-state index is 0.120. The summed E-state index contributed by atoms with van der Waals surface area (Å²) in [5, 5.41) is 0. The van der Waals surface area contributed by atoms with Crippen molar-refractivity contribution in [3.63, 3.8) is 0 Å². The zero-order valence-electron chi connectivity index (χ0n) is 19.0. The Labute approximate surface area is 193 Å². The van der Waals surface area contributed by atoms with Gasteiger partial charge in [-0.15, -0.1) is 6.58 Å². The third-order valence-electron chi connectivity index (χ3n) is 5.05. The highest BCUT2D eigenvalue weighted by atomic mass is 16.5. The Hall–Kier alpha value is -4.06. The molecule has 0 radical (unpaired) electrons. The number of H-pyrrole nitrogens is 1. The number of rotatable bonds is 9. The van der Waals surface area contributed by atoms with Crippen molar-refractivity contribution in [1.82, 2.24) is 4.98 Å². The molecule has 0 saturated carbocycles. The van der Waals surface area contributed by atoms with E-state index < -0.39 is 11.9 Å². The van der Waals surface area contributed by atoms with Gasteiger partial charge in [0.05, 0.1) is 14.2 Å². The molecule has 0 amide bonds. The van der Waals surface area contributed by atoms with Crippen molar-refractivity contribution in [2.24, 2.45) is 0 Å². The van der Waals surface area contributed by atoms with Crippen molar-refractivity contribution >= 4 is 24.1 Å². The van der Waals surface area contributed by atoms with Crippen molar-refractivity contribution in [3.05, 3.63) is 94.8 Å². The molecule has 0 spiro atoms. The van der Waals surface area contributed by atoms with E-state index in [4.69, 9.17) is 14.2 Å². The molecule has 1 aromatic heterocycles. The summed E-state index contributed by atoms with van der Waals surface area (Å²) in [4.78, 5) is 28.6. The highest BCUT2D eigenvalue weighted by molar-refractivity contribution is 6.00. The minimum Gasteiger partial charge on any atom is -0.496 e. The molecule has 0 atom stereocenters. The lowest BCUT2D eigenvalue weighted by Gasteiger charge is -2.19. The van der Waals surface area contributed by atoms with Crippen LogP contribution >= 0.6 is 0 Å². The van der Waals surface area contributed by atoms with E-state index in [1.165, 1.54) is 7.11 Å². The van der Waals surface area contributed by atoms with Crippen LogP contribution in [0, 0.1) is 0 Å². The number of hydrogen-bond acceptors (Lipinski definition) is 5. The summed E-state index contributed by atoms with van der Waals surface area (Å²) in [5.41, 5.74) is 3.42. The lowest BCUT2D eigenvalue weighted by molar-refractivity contribution is 0.0592. The number of hydrogen-bond donors (Lipinski definition) is 1. The maximum Gasteiger partial charge on any atom is 0.360 e. The second-order valence-electron chi connectivity index (χ2n) is 7.52. The van der Waals surface area contributed by atoms with Gasteiger partial charge in [-0.2, -0.15) is 0 Å². The molecule has 0 fully saturated rings. The van der Waals surface area contributed by atoms with Crippen LogP contribution in [0.2, 0.25) is 0 Å². The van der Waals surface area contributed by atoms with E-state index in [2.05, 4.69) is 11.6 Å². The van der Waals surface area contributed by atoms with Crippen LogP contribution in [-0.2, 0) is 11.2 Å². The van der Waals surface area contributed by atoms with Crippen molar-refractivity contribution in [3.8, 4) is 11.5 Å². The summed E-state index contributed by atoms with van der Waals surface area (Å²) < 4.78 is 16.5. The molecule has 0 unspecified atom stereocenters. The maximum atomic E-state index is 12.9. The number of allylic oxidation sites excluding steroid dienone is 1. The Morgan fingerprint density at radius 2 is 1.79 bits per heavy atom. The summed E-state index contributed by atoms with van der Waals surface area (Å²) in [5.74, 6) is -0.607. The Bertz CT molecular complexity index is 1160. The number of carbonyl (C=O) groups is 2. The number of aromatic nitrogens is 1. The van der Waals surface area contributed by atoms with Crippen LogP contribution in [0.15, 0.2) is 66.9 Å². The molecule has 6 heteroatoms. The third-order valence-corrected chi connectivity index (χ3v) is 5.05. The predicted molar refractivity (Wildman–Crippen MR) is 129 cm³/mol. The summed E-state index contributed by atoms with van der Waals surface area (Å²) >= 11 is 0. The quantitative estimate of drug-likeness (QED) is 0.198. The van der Waals surface area contributed by atoms with Crippen LogP contribution in [-0.4, -0.2) is 31.1 Å². The van der Waals surface area contributed by atoms with E-state index in [9.17, 15) is 9.59 Å². The number of aromatic amines is 1. The fraction of sp³-hybridized carbons (Fsp3) is 0.185. The summed E-state index contributed by atoms with van der Waals surface area (Å²) in [6.07, 6.45) is 6.37. The number of nitrogens with one attached hydrogen (secondary N) is 1. The monoisotopic (exact) mass is 445 g/mol. The molecule has 33 heavy (non-hydrogen) atoms.